The molecule has 2 unspecified atom stereocenters. The molecule has 0 bridgehead atoms. The molecular formula is C18H21NO4S. The summed E-state index contributed by atoms with van der Waals surface area (Å²) >= 11 is 0. The fraction of sp³-hybridized carbons (Fsp3) is 0.333. The minimum atomic E-state index is -3.61. The smallest absolute Gasteiger partial charge is 0.245 e. The van der Waals surface area contributed by atoms with E-state index < -0.39 is 16.3 Å². The molecule has 1 aliphatic heterocycles. The summed E-state index contributed by atoms with van der Waals surface area (Å²) in [6.07, 6.45) is -0.759. The molecule has 24 heavy (non-hydrogen) atoms. The number of benzene rings is 2. The molecule has 0 aromatic heterocycles. The Morgan fingerprint density at radius 2 is 1.79 bits per heavy atom. The Hall–Kier alpha value is -1.89. The maximum absolute atomic E-state index is 12.9. The summed E-state index contributed by atoms with van der Waals surface area (Å²) in [5.41, 5.74) is 0.980. The van der Waals surface area contributed by atoms with Gasteiger partial charge in [-0.05, 0) is 43.7 Å². The second-order valence-corrected chi connectivity index (χ2v) is 7.50. The molecule has 0 saturated carbocycles. The van der Waals surface area contributed by atoms with Gasteiger partial charge in [-0.1, -0.05) is 30.3 Å². The van der Waals surface area contributed by atoms with Crippen molar-refractivity contribution in [2.45, 2.75) is 31.1 Å². The van der Waals surface area contributed by atoms with Gasteiger partial charge in [0.15, 0.2) is 0 Å². The van der Waals surface area contributed by atoms with E-state index in [9.17, 15) is 8.42 Å². The Labute approximate surface area is 142 Å². The van der Waals surface area contributed by atoms with E-state index in [1.54, 1.807) is 31.2 Å². The molecule has 0 spiro atoms. The molecular weight excluding hydrogens is 326 g/mol. The van der Waals surface area contributed by atoms with Gasteiger partial charge in [-0.3, -0.25) is 0 Å². The first kappa shape index (κ1) is 17.0. The van der Waals surface area contributed by atoms with E-state index in [1.165, 1.54) is 4.31 Å². The van der Waals surface area contributed by atoms with Gasteiger partial charge in [-0.25, -0.2) is 8.42 Å². The van der Waals surface area contributed by atoms with E-state index in [2.05, 4.69) is 0 Å². The number of rotatable bonds is 5. The van der Waals surface area contributed by atoms with Crippen molar-refractivity contribution in [3.05, 3.63) is 60.2 Å². The number of ether oxygens (including phenoxy) is 2. The predicted octanol–water partition coefficient (Wildman–Crippen LogP) is 3.19. The minimum Gasteiger partial charge on any atom is -0.494 e. The van der Waals surface area contributed by atoms with E-state index in [4.69, 9.17) is 9.47 Å². The number of hydrogen-bond acceptors (Lipinski definition) is 4. The lowest BCUT2D eigenvalue weighted by Crippen LogP contribution is -2.34. The van der Waals surface area contributed by atoms with Crippen LogP contribution in [0.1, 0.15) is 25.5 Å². The monoisotopic (exact) mass is 347 g/mol. The molecule has 0 aliphatic carbocycles. The second kappa shape index (κ2) is 6.93. The zero-order chi connectivity index (χ0) is 17.2. The van der Waals surface area contributed by atoms with Gasteiger partial charge in [0, 0.05) is 6.54 Å². The Bertz CT molecular complexity index is 774. The van der Waals surface area contributed by atoms with Gasteiger partial charge in [0.2, 0.25) is 10.0 Å². The van der Waals surface area contributed by atoms with Gasteiger partial charge in [0.05, 0.1) is 17.6 Å². The highest BCUT2D eigenvalue weighted by Crippen LogP contribution is 2.33. The largest absolute Gasteiger partial charge is 0.494 e. The van der Waals surface area contributed by atoms with Crippen LogP contribution < -0.4 is 4.74 Å². The number of sulfonamides is 1. The predicted molar refractivity (Wildman–Crippen MR) is 91.2 cm³/mol. The molecule has 2 aromatic rings. The molecule has 128 valence electrons. The first-order valence-electron chi connectivity index (χ1n) is 7.97. The van der Waals surface area contributed by atoms with Crippen LogP contribution in [0.15, 0.2) is 59.5 Å². The van der Waals surface area contributed by atoms with Crippen molar-refractivity contribution in [3.63, 3.8) is 0 Å². The van der Waals surface area contributed by atoms with E-state index in [-0.39, 0.29) is 11.0 Å². The van der Waals surface area contributed by atoms with Crippen LogP contribution in [-0.4, -0.2) is 32.1 Å². The first-order valence-corrected chi connectivity index (χ1v) is 9.41. The highest BCUT2D eigenvalue weighted by atomic mass is 32.2. The van der Waals surface area contributed by atoms with Crippen molar-refractivity contribution in [1.29, 1.82) is 0 Å². The molecule has 0 N–H and O–H groups in total. The summed E-state index contributed by atoms with van der Waals surface area (Å²) < 4.78 is 38.4. The third kappa shape index (κ3) is 3.31. The molecule has 1 heterocycles. The SMILES string of the molecule is CCOc1ccc(S(=O)(=O)N2CC(c3ccccc3)OC2C)cc1. The van der Waals surface area contributed by atoms with Crippen molar-refractivity contribution in [2.24, 2.45) is 0 Å². The summed E-state index contributed by atoms with van der Waals surface area (Å²) in [5.74, 6) is 0.657. The average molecular weight is 347 g/mol. The van der Waals surface area contributed by atoms with Crippen LogP contribution in [0.5, 0.6) is 5.75 Å². The highest BCUT2D eigenvalue weighted by Gasteiger charge is 2.39. The van der Waals surface area contributed by atoms with Gasteiger partial charge in [0.1, 0.15) is 12.0 Å². The van der Waals surface area contributed by atoms with Crippen molar-refractivity contribution < 1.29 is 17.9 Å². The van der Waals surface area contributed by atoms with Crippen molar-refractivity contribution in [1.82, 2.24) is 4.31 Å². The van der Waals surface area contributed by atoms with E-state index >= 15 is 0 Å². The Morgan fingerprint density at radius 3 is 2.42 bits per heavy atom. The lowest BCUT2D eigenvalue weighted by Gasteiger charge is -2.19. The molecule has 1 aliphatic rings. The van der Waals surface area contributed by atoms with Crippen LogP contribution in [0.2, 0.25) is 0 Å². The fourth-order valence-corrected chi connectivity index (χ4v) is 4.34. The Kier molecular flexibility index (Phi) is 4.89. The molecule has 2 atom stereocenters. The fourth-order valence-electron chi connectivity index (χ4n) is 2.82. The van der Waals surface area contributed by atoms with E-state index in [0.717, 1.165) is 5.56 Å². The van der Waals surface area contributed by atoms with Crippen molar-refractivity contribution >= 4 is 10.0 Å². The zero-order valence-electron chi connectivity index (χ0n) is 13.8. The third-order valence-electron chi connectivity index (χ3n) is 4.03. The quantitative estimate of drug-likeness (QED) is 0.833. The Morgan fingerprint density at radius 1 is 1.12 bits per heavy atom. The van der Waals surface area contributed by atoms with Gasteiger partial charge in [-0.2, -0.15) is 4.31 Å². The molecule has 5 nitrogen and oxygen atoms in total. The van der Waals surface area contributed by atoms with Gasteiger partial charge < -0.3 is 9.47 Å². The minimum absolute atomic E-state index is 0.245. The molecule has 3 rings (SSSR count). The lowest BCUT2D eigenvalue weighted by molar-refractivity contribution is 0.0344. The average Bonchev–Trinajstić information content (AvgIpc) is 2.99. The maximum Gasteiger partial charge on any atom is 0.245 e. The molecule has 1 saturated heterocycles. The first-order chi connectivity index (χ1) is 11.5. The zero-order valence-corrected chi connectivity index (χ0v) is 14.6. The molecule has 1 fully saturated rings. The Balaban J connectivity index is 1.82. The lowest BCUT2D eigenvalue weighted by atomic mass is 10.1. The summed E-state index contributed by atoms with van der Waals surface area (Å²) in [5, 5.41) is 0. The standard InChI is InChI=1S/C18H21NO4S/c1-3-22-16-9-11-17(12-10-16)24(20,21)19-13-18(23-14(19)2)15-7-5-4-6-8-15/h4-12,14,18H,3,13H2,1-2H3. The van der Waals surface area contributed by atoms with E-state index in [1.807, 2.05) is 37.3 Å². The summed E-state index contributed by atoms with van der Waals surface area (Å²) in [7, 11) is -3.61. The van der Waals surface area contributed by atoms with Gasteiger partial charge in [0.25, 0.3) is 0 Å². The van der Waals surface area contributed by atoms with Crippen LogP contribution >= 0.6 is 0 Å². The highest BCUT2D eigenvalue weighted by molar-refractivity contribution is 7.89. The van der Waals surface area contributed by atoms with Crippen LogP contribution in [0, 0.1) is 0 Å². The van der Waals surface area contributed by atoms with Crippen molar-refractivity contribution in [3.8, 4) is 5.75 Å². The molecule has 0 amide bonds. The third-order valence-corrected chi connectivity index (χ3v) is 5.96. The topological polar surface area (TPSA) is 55.8 Å². The van der Waals surface area contributed by atoms with Crippen molar-refractivity contribution in [2.75, 3.05) is 13.2 Å². The van der Waals surface area contributed by atoms with Crippen LogP contribution in [0.25, 0.3) is 0 Å². The summed E-state index contributed by atoms with van der Waals surface area (Å²) in [4.78, 5) is 0.245. The second-order valence-electron chi connectivity index (χ2n) is 5.61. The molecule has 2 aromatic carbocycles. The molecule has 0 radical (unpaired) electrons. The van der Waals surface area contributed by atoms with Crippen LogP contribution in [0.3, 0.4) is 0 Å². The summed E-state index contributed by atoms with van der Waals surface area (Å²) in [6, 6.07) is 16.2. The normalized spacial score (nSPS) is 21.8. The number of hydrogen-bond donors (Lipinski definition) is 0. The summed E-state index contributed by atoms with van der Waals surface area (Å²) in [6.45, 7) is 4.50. The van der Waals surface area contributed by atoms with Gasteiger partial charge in [-0.15, -0.1) is 0 Å². The van der Waals surface area contributed by atoms with Crippen LogP contribution in [-0.2, 0) is 14.8 Å². The number of nitrogens with zero attached hydrogens (tertiary/aromatic N) is 1. The van der Waals surface area contributed by atoms with Crippen LogP contribution in [0.4, 0.5) is 0 Å². The van der Waals surface area contributed by atoms with E-state index in [0.29, 0.717) is 18.9 Å². The maximum atomic E-state index is 12.9. The molecule has 6 heteroatoms. The van der Waals surface area contributed by atoms with Gasteiger partial charge >= 0.3 is 0 Å².